The minimum absolute atomic E-state index is 0. The van der Waals surface area contributed by atoms with Crippen LogP contribution in [0.4, 0.5) is 0 Å². The minimum atomic E-state index is 0. The van der Waals surface area contributed by atoms with Crippen molar-refractivity contribution in [2.75, 3.05) is 0 Å². The molecule has 0 nitrogen and oxygen atoms in total. The highest BCUT2D eigenvalue weighted by atomic mass is 35.5. The van der Waals surface area contributed by atoms with Crippen molar-refractivity contribution in [3.8, 4) is 0 Å². The molecule has 0 heterocycles. The molecule has 42 valence electrons. The van der Waals surface area contributed by atoms with E-state index in [1.165, 1.54) is 0 Å². The van der Waals surface area contributed by atoms with Crippen LogP contribution in [-0.4, -0.2) is 0 Å². The fraction of sp³-hybridized carbons (Fsp3) is 0.333. The van der Waals surface area contributed by atoms with Crippen LogP contribution < -0.4 is 0 Å². The lowest BCUT2D eigenvalue weighted by Crippen LogP contribution is -1.48. The van der Waals surface area contributed by atoms with Gasteiger partial charge in [0.05, 0.1) is 0 Å². The van der Waals surface area contributed by atoms with Crippen LogP contribution in [0.2, 0.25) is 0 Å². The molecule has 0 aromatic carbocycles. The van der Waals surface area contributed by atoms with Crippen LogP contribution >= 0.6 is 12.4 Å². The molecule has 0 saturated carbocycles. The third-order valence-corrected chi connectivity index (χ3v) is 0.538. The Kier molecular flexibility index (Phi) is 13.1. The molecule has 0 unspecified atom stereocenters. The molecule has 0 amide bonds. The van der Waals surface area contributed by atoms with Gasteiger partial charge in [-0.05, 0) is 13.3 Å². The molecule has 7 heavy (non-hydrogen) atoms. The van der Waals surface area contributed by atoms with Gasteiger partial charge in [-0.25, -0.2) is 0 Å². The van der Waals surface area contributed by atoms with Gasteiger partial charge in [-0.1, -0.05) is 18.2 Å². The Hall–Kier alpha value is -0.230. The second kappa shape index (κ2) is 9.24. The Morgan fingerprint density at radius 1 is 1.57 bits per heavy atom. The summed E-state index contributed by atoms with van der Waals surface area (Å²) in [7, 11) is 0. The Bertz CT molecular complexity index is 55.2. The number of hydrogen-bond acceptors (Lipinski definition) is 0. The van der Waals surface area contributed by atoms with E-state index in [4.69, 9.17) is 0 Å². The SMILES string of the molecule is C=CC/C=C\C.Cl. The Balaban J connectivity index is 0. The third kappa shape index (κ3) is 10.7. The zero-order valence-corrected chi connectivity index (χ0v) is 5.37. The van der Waals surface area contributed by atoms with Crippen LogP contribution in [0.25, 0.3) is 0 Å². The van der Waals surface area contributed by atoms with E-state index in [9.17, 15) is 0 Å². The van der Waals surface area contributed by atoms with Crippen molar-refractivity contribution in [2.45, 2.75) is 13.3 Å². The number of halogens is 1. The molecular weight excluding hydrogens is 108 g/mol. The average molecular weight is 119 g/mol. The van der Waals surface area contributed by atoms with E-state index in [0.29, 0.717) is 0 Å². The van der Waals surface area contributed by atoms with Crippen molar-refractivity contribution in [1.29, 1.82) is 0 Å². The molecule has 0 N–H and O–H groups in total. The summed E-state index contributed by atoms with van der Waals surface area (Å²) in [5, 5.41) is 0. The molecular formula is C6H11Cl. The normalized spacial score (nSPS) is 8.14. The highest BCUT2D eigenvalue weighted by Gasteiger charge is 1.57. The lowest BCUT2D eigenvalue weighted by atomic mass is 10.4. The molecule has 0 aliphatic rings. The highest BCUT2D eigenvalue weighted by molar-refractivity contribution is 5.85. The molecule has 0 rings (SSSR count). The van der Waals surface area contributed by atoms with Crippen LogP contribution in [0.1, 0.15) is 13.3 Å². The summed E-state index contributed by atoms with van der Waals surface area (Å²) in [4.78, 5) is 0. The van der Waals surface area contributed by atoms with Gasteiger partial charge in [-0.2, -0.15) is 0 Å². The van der Waals surface area contributed by atoms with E-state index in [-0.39, 0.29) is 12.4 Å². The van der Waals surface area contributed by atoms with Gasteiger partial charge in [-0.15, -0.1) is 19.0 Å². The topological polar surface area (TPSA) is 0 Å². The maximum absolute atomic E-state index is 3.55. The van der Waals surface area contributed by atoms with Crippen LogP contribution in [0.5, 0.6) is 0 Å². The molecule has 1 heteroatoms. The van der Waals surface area contributed by atoms with Crippen molar-refractivity contribution in [2.24, 2.45) is 0 Å². The molecule has 0 radical (unpaired) electrons. The first-order valence-corrected chi connectivity index (χ1v) is 2.14. The summed E-state index contributed by atoms with van der Waals surface area (Å²) in [5.74, 6) is 0. The number of rotatable bonds is 2. The maximum atomic E-state index is 3.55. The fourth-order valence-corrected chi connectivity index (χ4v) is 0.232. The van der Waals surface area contributed by atoms with Gasteiger partial charge < -0.3 is 0 Å². The summed E-state index contributed by atoms with van der Waals surface area (Å²) < 4.78 is 0. The number of allylic oxidation sites excluding steroid dienone is 3. The van der Waals surface area contributed by atoms with Crippen molar-refractivity contribution in [3.63, 3.8) is 0 Å². The van der Waals surface area contributed by atoms with E-state index in [1.54, 1.807) is 0 Å². The Morgan fingerprint density at radius 3 is 2.29 bits per heavy atom. The molecule has 0 aromatic rings. The van der Waals surface area contributed by atoms with Crippen molar-refractivity contribution in [1.82, 2.24) is 0 Å². The van der Waals surface area contributed by atoms with Crippen molar-refractivity contribution >= 4 is 12.4 Å². The molecule has 0 bridgehead atoms. The average Bonchev–Trinajstić information content (AvgIpc) is 1.61. The first-order chi connectivity index (χ1) is 2.91. The van der Waals surface area contributed by atoms with Crippen LogP contribution in [0.3, 0.4) is 0 Å². The largest absolute Gasteiger partial charge is 0.147 e. The van der Waals surface area contributed by atoms with Gasteiger partial charge in [0.1, 0.15) is 0 Å². The summed E-state index contributed by atoms with van der Waals surface area (Å²) in [6.07, 6.45) is 6.95. The molecule has 0 aliphatic heterocycles. The van der Waals surface area contributed by atoms with Crippen LogP contribution in [0.15, 0.2) is 24.8 Å². The lowest BCUT2D eigenvalue weighted by molar-refractivity contribution is 1.39. The first-order valence-electron chi connectivity index (χ1n) is 2.14. The van der Waals surface area contributed by atoms with Crippen LogP contribution in [-0.2, 0) is 0 Å². The minimum Gasteiger partial charge on any atom is -0.147 e. The second-order valence-corrected chi connectivity index (χ2v) is 1.09. The molecule has 0 spiro atoms. The Morgan fingerprint density at radius 2 is 2.14 bits per heavy atom. The van der Waals surface area contributed by atoms with Gasteiger partial charge in [0.15, 0.2) is 0 Å². The summed E-state index contributed by atoms with van der Waals surface area (Å²) in [5.41, 5.74) is 0. The molecule has 0 saturated heterocycles. The quantitative estimate of drug-likeness (QED) is 0.489. The monoisotopic (exact) mass is 118 g/mol. The van der Waals surface area contributed by atoms with Gasteiger partial charge in [0, 0.05) is 0 Å². The molecule has 0 aliphatic carbocycles. The van der Waals surface area contributed by atoms with Gasteiger partial charge in [0.2, 0.25) is 0 Å². The fourth-order valence-electron chi connectivity index (χ4n) is 0.232. The Labute approximate surface area is 51.3 Å². The highest BCUT2D eigenvalue weighted by Crippen LogP contribution is 1.78. The van der Waals surface area contributed by atoms with Gasteiger partial charge >= 0.3 is 0 Å². The molecule has 0 aromatic heterocycles. The smallest absolute Gasteiger partial charge is 0.0172 e. The zero-order chi connectivity index (χ0) is 4.83. The predicted molar refractivity (Wildman–Crippen MR) is 36.9 cm³/mol. The lowest BCUT2D eigenvalue weighted by Gasteiger charge is -1.69. The van der Waals surface area contributed by atoms with E-state index < -0.39 is 0 Å². The summed E-state index contributed by atoms with van der Waals surface area (Å²) >= 11 is 0. The maximum Gasteiger partial charge on any atom is -0.0172 e. The number of hydrogen-bond donors (Lipinski definition) is 0. The molecule has 0 atom stereocenters. The van der Waals surface area contributed by atoms with Crippen LogP contribution in [0, 0.1) is 0 Å². The second-order valence-electron chi connectivity index (χ2n) is 1.09. The van der Waals surface area contributed by atoms with Crippen molar-refractivity contribution in [3.05, 3.63) is 24.8 Å². The van der Waals surface area contributed by atoms with E-state index in [0.717, 1.165) is 6.42 Å². The third-order valence-electron chi connectivity index (χ3n) is 0.538. The van der Waals surface area contributed by atoms with Crippen molar-refractivity contribution < 1.29 is 0 Å². The van der Waals surface area contributed by atoms with E-state index in [2.05, 4.69) is 12.7 Å². The van der Waals surface area contributed by atoms with E-state index >= 15 is 0 Å². The predicted octanol–water partition coefficient (Wildman–Crippen LogP) is 2.56. The summed E-state index contributed by atoms with van der Waals surface area (Å²) in [6.45, 7) is 5.55. The van der Waals surface area contributed by atoms with Gasteiger partial charge in [0.25, 0.3) is 0 Å². The standard InChI is InChI=1S/C6H10.ClH/c1-3-5-6-4-2;/h3-4,6H,1,5H2,2H3;1H/b6-4-;. The summed E-state index contributed by atoms with van der Waals surface area (Å²) in [6, 6.07) is 0. The van der Waals surface area contributed by atoms with E-state index in [1.807, 2.05) is 19.1 Å². The molecule has 0 fully saturated rings. The van der Waals surface area contributed by atoms with Gasteiger partial charge in [-0.3, -0.25) is 0 Å². The first kappa shape index (κ1) is 9.91. The zero-order valence-electron chi connectivity index (χ0n) is 4.55.